The van der Waals surface area contributed by atoms with Gasteiger partial charge in [-0.2, -0.15) is 0 Å². The lowest BCUT2D eigenvalue weighted by atomic mass is 9.87. The molecule has 1 atom stereocenters. The van der Waals surface area contributed by atoms with Gasteiger partial charge in [-0.25, -0.2) is 4.90 Å². The molecule has 0 saturated carbocycles. The average molecular weight is 293 g/mol. The third-order valence-electron chi connectivity index (χ3n) is 4.81. The molecule has 22 heavy (non-hydrogen) atoms. The first-order valence-corrected chi connectivity index (χ1v) is 8.22. The molecule has 1 aliphatic rings. The van der Waals surface area contributed by atoms with Crippen molar-refractivity contribution in [3.05, 3.63) is 65.2 Å². The number of amidine groups is 1. The third-order valence-corrected chi connectivity index (χ3v) is 4.81. The number of hydrogen-bond donors (Lipinski definition) is 0. The van der Waals surface area contributed by atoms with E-state index < -0.39 is 0 Å². The first-order chi connectivity index (χ1) is 10.7. The van der Waals surface area contributed by atoms with E-state index in [2.05, 4.69) is 85.8 Å². The van der Waals surface area contributed by atoms with Gasteiger partial charge in [0.25, 0.3) is 5.84 Å². The Morgan fingerprint density at radius 3 is 2.45 bits per heavy atom. The molecule has 114 valence electrons. The van der Waals surface area contributed by atoms with Gasteiger partial charge in [0, 0.05) is 5.92 Å². The van der Waals surface area contributed by atoms with Crippen molar-refractivity contribution in [3.63, 3.8) is 0 Å². The zero-order valence-corrected chi connectivity index (χ0v) is 14.0. The molecule has 0 amide bonds. The number of anilines is 1. The number of rotatable bonds is 2. The van der Waals surface area contributed by atoms with Crippen molar-refractivity contribution in [1.82, 2.24) is 0 Å². The van der Waals surface area contributed by atoms with Crippen molar-refractivity contribution in [1.29, 1.82) is 0 Å². The van der Waals surface area contributed by atoms with Crippen molar-refractivity contribution < 1.29 is 4.58 Å². The Bertz CT molecular complexity index is 709. The Morgan fingerprint density at radius 1 is 1.00 bits per heavy atom. The zero-order valence-electron chi connectivity index (χ0n) is 14.0. The first-order valence-electron chi connectivity index (χ1n) is 8.22. The van der Waals surface area contributed by atoms with Crippen LogP contribution in [0.15, 0.2) is 48.5 Å². The second-order valence-corrected chi connectivity index (χ2v) is 5.96. The Hall–Kier alpha value is -2.09. The van der Waals surface area contributed by atoms with Crippen LogP contribution < -0.4 is 4.90 Å². The molecule has 2 heteroatoms. The van der Waals surface area contributed by atoms with Crippen LogP contribution in [-0.2, 0) is 0 Å². The Kier molecular flexibility index (Phi) is 4.02. The highest BCUT2D eigenvalue weighted by atomic mass is 15.2. The Labute approximate surface area is 133 Å². The van der Waals surface area contributed by atoms with E-state index in [0.29, 0.717) is 5.92 Å². The van der Waals surface area contributed by atoms with Crippen LogP contribution >= 0.6 is 0 Å². The lowest BCUT2D eigenvalue weighted by Gasteiger charge is -2.26. The molecule has 0 N–H and O–H groups in total. The first kappa shape index (κ1) is 14.8. The lowest BCUT2D eigenvalue weighted by Crippen LogP contribution is -2.38. The molecule has 2 aromatic rings. The highest BCUT2D eigenvalue weighted by molar-refractivity contribution is 6.08. The maximum Gasteiger partial charge on any atom is 0.284 e. The molecule has 0 aromatic heterocycles. The molecule has 0 fully saturated rings. The highest BCUT2D eigenvalue weighted by Crippen LogP contribution is 2.33. The van der Waals surface area contributed by atoms with Gasteiger partial charge in [-0.15, -0.1) is 0 Å². The fraction of sp³-hybridized carbons (Fsp3) is 0.350. The van der Waals surface area contributed by atoms with E-state index >= 15 is 0 Å². The molecule has 0 spiro atoms. The predicted molar refractivity (Wildman–Crippen MR) is 94.3 cm³/mol. The van der Waals surface area contributed by atoms with Crippen LogP contribution in [0.5, 0.6) is 0 Å². The molecule has 2 bridgehead atoms. The van der Waals surface area contributed by atoms with Gasteiger partial charge in [-0.3, -0.25) is 4.58 Å². The topological polar surface area (TPSA) is 6.25 Å². The molecule has 2 aromatic carbocycles. The summed E-state index contributed by atoms with van der Waals surface area (Å²) < 4.78 is 2.45. The van der Waals surface area contributed by atoms with Gasteiger partial charge in [0.2, 0.25) is 0 Å². The van der Waals surface area contributed by atoms with Crippen molar-refractivity contribution in [3.8, 4) is 0 Å². The fourth-order valence-electron chi connectivity index (χ4n) is 3.47. The number of nitrogens with zero attached hydrogens (tertiary/aromatic N) is 2. The van der Waals surface area contributed by atoms with Gasteiger partial charge in [-0.05, 0) is 43.2 Å². The summed E-state index contributed by atoms with van der Waals surface area (Å²) in [7, 11) is 2.18. The smallest absolute Gasteiger partial charge is 0.262 e. The van der Waals surface area contributed by atoms with Crippen LogP contribution in [0.1, 0.15) is 43.4 Å². The number of fused-ring (bicyclic) bond motifs is 3. The minimum absolute atomic E-state index is 0.412. The van der Waals surface area contributed by atoms with E-state index in [1.54, 1.807) is 0 Å². The van der Waals surface area contributed by atoms with E-state index in [-0.39, 0.29) is 0 Å². The Morgan fingerprint density at radius 2 is 1.73 bits per heavy atom. The van der Waals surface area contributed by atoms with E-state index in [4.69, 9.17) is 0 Å². The van der Waals surface area contributed by atoms with Gasteiger partial charge >= 0.3 is 0 Å². The molecule has 1 heterocycles. The van der Waals surface area contributed by atoms with Crippen LogP contribution in [0.2, 0.25) is 0 Å². The maximum absolute atomic E-state index is 2.45. The predicted octanol–water partition coefficient (Wildman–Crippen LogP) is 4.09. The zero-order chi connectivity index (χ0) is 15.7. The average Bonchev–Trinajstić information content (AvgIpc) is 2.58. The van der Waals surface area contributed by atoms with E-state index in [0.717, 1.165) is 13.1 Å². The summed E-state index contributed by atoms with van der Waals surface area (Å²) in [5.41, 5.74) is 5.41. The summed E-state index contributed by atoms with van der Waals surface area (Å²) in [6.45, 7) is 8.79. The van der Waals surface area contributed by atoms with Crippen LogP contribution in [0.25, 0.3) is 0 Å². The third kappa shape index (κ3) is 2.33. The second kappa shape index (κ2) is 5.96. The standard InChI is InChI=1S/C20H25N2/c1-5-22(6-2)20-19-13-8-7-12-18(19)15(3)16-10-9-11-17(14-16)21(20)4/h7-15H,5-6H2,1-4H3/q+1. The number of benzene rings is 2. The summed E-state index contributed by atoms with van der Waals surface area (Å²) in [4.78, 5) is 2.33. The van der Waals surface area contributed by atoms with Gasteiger partial charge < -0.3 is 0 Å². The number of hydrogen-bond acceptors (Lipinski definition) is 0. The lowest BCUT2D eigenvalue weighted by molar-refractivity contribution is -0.521. The van der Waals surface area contributed by atoms with E-state index in [9.17, 15) is 0 Å². The summed E-state index contributed by atoms with van der Waals surface area (Å²) >= 11 is 0. The molecule has 0 radical (unpaired) electrons. The van der Waals surface area contributed by atoms with Crippen LogP contribution in [-0.4, -0.2) is 30.5 Å². The summed E-state index contributed by atoms with van der Waals surface area (Å²) in [6, 6.07) is 17.8. The van der Waals surface area contributed by atoms with Crippen LogP contribution in [0, 0.1) is 0 Å². The molecule has 2 nitrogen and oxygen atoms in total. The summed E-state index contributed by atoms with van der Waals surface area (Å²) in [5.74, 6) is 1.72. The summed E-state index contributed by atoms with van der Waals surface area (Å²) in [5, 5.41) is 0. The maximum atomic E-state index is 2.45. The molecular weight excluding hydrogens is 268 g/mol. The Balaban J connectivity index is 2.36. The minimum Gasteiger partial charge on any atom is -0.262 e. The van der Waals surface area contributed by atoms with Crippen LogP contribution in [0.3, 0.4) is 0 Å². The molecule has 0 aliphatic carbocycles. The van der Waals surface area contributed by atoms with Gasteiger partial charge in [0.15, 0.2) is 0 Å². The molecular formula is C20H25N2+. The van der Waals surface area contributed by atoms with Crippen molar-refractivity contribution >= 4 is 11.5 Å². The SMILES string of the molecule is CC[N+](CC)=C1c2ccccc2C(C)c2cccc(c2)N1C. The quantitative estimate of drug-likeness (QED) is 0.756. The molecule has 3 rings (SSSR count). The minimum atomic E-state index is 0.412. The molecule has 1 unspecified atom stereocenters. The van der Waals surface area contributed by atoms with Crippen LogP contribution in [0.4, 0.5) is 5.69 Å². The van der Waals surface area contributed by atoms with Gasteiger partial charge in [-0.1, -0.05) is 37.3 Å². The monoisotopic (exact) mass is 293 g/mol. The highest BCUT2D eigenvalue weighted by Gasteiger charge is 2.29. The van der Waals surface area contributed by atoms with Crippen molar-refractivity contribution in [2.45, 2.75) is 26.7 Å². The van der Waals surface area contributed by atoms with Crippen molar-refractivity contribution in [2.24, 2.45) is 0 Å². The van der Waals surface area contributed by atoms with E-state index in [1.165, 1.54) is 28.2 Å². The van der Waals surface area contributed by atoms with Gasteiger partial charge in [0.05, 0.1) is 25.7 Å². The summed E-state index contributed by atoms with van der Waals surface area (Å²) in [6.07, 6.45) is 0. The van der Waals surface area contributed by atoms with Gasteiger partial charge in [0.1, 0.15) is 5.69 Å². The van der Waals surface area contributed by atoms with Crippen molar-refractivity contribution in [2.75, 3.05) is 25.0 Å². The molecule has 1 aliphatic heterocycles. The van der Waals surface area contributed by atoms with E-state index in [1.807, 2.05) is 0 Å². The normalized spacial score (nSPS) is 16.8. The largest absolute Gasteiger partial charge is 0.284 e. The molecule has 0 saturated heterocycles. The second-order valence-electron chi connectivity index (χ2n) is 5.96. The fourth-order valence-corrected chi connectivity index (χ4v) is 3.47.